The highest BCUT2D eigenvalue weighted by Crippen LogP contribution is 2.14. The number of carbonyl (C=O) groups is 2. The summed E-state index contributed by atoms with van der Waals surface area (Å²) in [4.78, 5) is 32.7. The molecule has 1 N–H and O–H groups in total. The number of likely N-dealkylation sites (tertiary alicyclic amines) is 1. The van der Waals surface area contributed by atoms with E-state index in [1.165, 1.54) is 0 Å². The quantitative estimate of drug-likeness (QED) is 0.900. The van der Waals surface area contributed by atoms with Crippen LogP contribution in [0.3, 0.4) is 0 Å². The molecule has 24 heavy (non-hydrogen) atoms. The summed E-state index contributed by atoms with van der Waals surface area (Å²) in [6.07, 6.45) is 3.33. The molecule has 3 amide bonds. The van der Waals surface area contributed by atoms with Gasteiger partial charge in [-0.1, -0.05) is 6.92 Å². The number of rotatable bonds is 5. The lowest BCUT2D eigenvalue weighted by Crippen LogP contribution is -2.48. The highest BCUT2D eigenvalue weighted by molar-refractivity contribution is 5.94. The number of nitrogens with zero attached hydrogens (tertiary/aromatic N) is 3. The van der Waals surface area contributed by atoms with Crippen molar-refractivity contribution >= 4 is 11.9 Å². The van der Waals surface area contributed by atoms with Crippen molar-refractivity contribution in [2.75, 3.05) is 19.6 Å². The van der Waals surface area contributed by atoms with Crippen molar-refractivity contribution < 1.29 is 9.59 Å². The fraction of sp³-hybridized carbons (Fsp3) is 0.611. The van der Waals surface area contributed by atoms with Gasteiger partial charge in [0.25, 0.3) is 5.91 Å². The number of nitrogens with one attached hydrogen (secondary N) is 1. The van der Waals surface area contributed by atoms with Crippen molar-refractivity contribution in [3.05, 3.63) is 29.6 Å². The number of carbonyl (C=O) groups excluding carboxylic acids is 2. The van der Waals surface area contributed by atoms with Gasteiger partial charge >= 0.3 is 6.03 Å². The Bertz CT molecular complexity index is 571. The summed E-state index contributed by atoms with van der Waals surface area (Å²) < 4.78 is 0. The Kier molecular flexibility index (Phi) is 6.17. The summed E-state index contributed by atoms with van der Waals surface area (Å²) in [6.45, 7) is 9.95. The van der Waals surface area contributed by atoms with Gasteiger partial charge in [-0.15, -0.1) is 0 Å². The first-order chi connectivity index (χ1) is 11.4. The first kappa shape index (κ1) is 18.2. The monoisotopic (exact) mass is 332 g/mol. The number of hydrogen-bond donors (Lipinski definition) is 1. The summed E-state index contributed by atoms with van der Waals surface area (Å²) in [5.74, 6) is -0.0199. The molecular weight excluding hydrogens is 304 g/mol. The lowest BCUT2D eigenvalue weighted by Gasteiger charge is -2.28. The maximum atomic E-state index is 12.5. The van der Waals surface area contributed by atoms with Crippen LogP contribution in [-0.2, 0) is 0 Å². The Balaban J connectivity index is 1.91. The third kappa shape index (κ3) is 4.46. The molecule has 0 aromatic carbocycles. The molecule has 0 saturated carbocycles. The van der Waals surface area contributed by atoms with Gasteiger partial charge in [0, 0.05) is 43.6 Å². The van der Waals surface area contributed by atoms with Gasteiger partial charge in [0.1, 0.15) is 0 Å². The molecule has 0 aliphatic carbocycles. The Morgan fingerprint density at radius 1 is 1.42 bits per heavy atom. The first-order valence-corrected chi connectivity index (χ1v) is 8.71. The normalized spacial score (nSPS) is 17.2. The average molecular weight is 332 g/mol. The van der Waals surface area contributed by atoms with Crippen LogP contribution in [0.4, 0.5) is 4.79 Å². The molecule has 132 valence electrons. The smallest absolute Gasteiger partial charge is 0.317 e. The van der Waals surface area contributed by atoms with Gasteiger partial charge in [0.15, 0.2) is 0 Å². The topological polar surface area (TPSA) is 65.5 Å². The molecule has 1 fully saturated rings. The van der Waals surface area contributed by atoms with Gasteiger partial charge in [-0.05, 0) is 45.7 Å². The molecule has 1 atom stereocenters. The summed E-state index contributed by atoms with van der Waals surface area (Å²) in [7, 11) is 0. The maximum absolute atomic E-state index is 12.5. The molecule has 2 heterocycles. The molecule has 1 aromatic heterocycles. The Hall–Kier alpha value is -2.11. The third-order valence-electron chi connectivity index (χ3n) is 4.31. The number of hydrogen-bond acceptors (Lipinski definition) is 3. The van der Waals surface area contributed by atoms with Crippen molar-refractivity contribution in [1.82, 2.24) is 20.1 Å². The second kappa shape index (κ2) is 8.13. The lowest BCUT2D eigenvalue weighted by molar-refractivity contribution is 0.0788. The lowest BCUT2D eigenvalue weighted by atomic mass is 10.2. The van der Waals surface area contributed by atoms with Crippen molar-refractivity contribution in [3.8, 4) is 0 Å². The minimum atomic E-state index is -0.0387. The van der Waals surface area contributed by atoms with Crippen LogP contribution in [0.15, 0.2) is 18.3 Å². The number of amides is 3. The number of aromatic nitrogens is 1. The fourth-order valence-corrected chi connectivity index (χ4v) is 2.93. The minimum Gasteiger partial charge on any atom is -0.336 e. The molecule has 1 unspecified atom stereocenters. The maximum Gasteiger partial charge on any atom is 0.317 e. The van der Waals surface area contributed by atoms with E-state index in [4.69, 9.17) is 0 Å². The molecular formula is C18H28N4O2. The molecule has 6 heteroatoms. The van der Waals surface area contributed by atoms with E-state index in [-0.39, 0.29) is 24.0 Å². The molecule has 0 spiro atoms. The van der Waals surface area contributed by atoms with Crippen molar-refractivity contribution in [2.45, 2.75) is 52.6 Å². The Morgan fingerprint density at radius 3 is 2.75 bits per heavy atom. The highest BCUT2D eigenvalue weighted by atomic mass is 16.2. The number of urea groups is 1. The molecule has 1 aliphatic heterocycles. The van der Waals surface area contributed by atoms with E-state index in [1.807, 2.05) is 31.7 Å². The van der Waals surface area contributed by atoms with Gasteiger partial charge in [-0.3, -0.25) is 9.78 Å². The molecule has 1 aromatic rings. The van der Waals surface area contributed by atoms with E-state index >= 15 is 0 Å². The van der Waals surface area contributed by atoms with E-state index in [1.54, 1.807) is 17.2 Å². The van der Waals surface area contributed by atoms with E-state index in [2.05, 4.69) is 17.2 Å². The fourth-order valence-electron chi connectivity index (χ4n) is 2.93. The summed E-state index contributed by atoms with van der Waals surface area (Å²) >= 11 is 0. The van der Waals surface area contributed by atoms with Crippen LogP contribution in [0.25, 0.3) is 0 Å². The van der Waals surface area contributed by atoms with Gasteiger partial charge in [0.05, 0.1) is 5.56 Å². The Labute approximate surface area is 144 Å². The first-order valence-electron chi connectivity index (χ1n) is 8.71. The molecule has 0 bridgehead atoms. The zero-order valence-corrected chi connectivity index (χ0v) is 15.1. The molecule has 1 aliphatic rings. The van der Waals surface area contributed by atoms with E-state index in [0.717, 1.165) is 25.1 Å². The predicted molar refractivity (Wildman–Crippen MR) is 93.9 cm³/mol. The van der Waals surface area contributed by atoms with Crippen molar-refractivity contribution in [1.29, 1.82) is 0 Å². The van der Waals surface area contributed by atoms with Crippen LogP contribution in [0.1, 0.15) is 49.7 Å². The highest BCUT2D eigenvalue weighted by Gasteiger charge is 2.29. The zero-order valence-electron chi connectivity index (χ0n) is 15.1. The second-order valence-corrected chi connectivity index (χ2v) is 6.66. The Morgan fingerprint density at radius 2 is 2.17 bits per heavy atom. The van der Waals surface area contributed by atoms with Gasteiger partial charge in [0.2, 0.25) is 0 Å². The SMILES string of the molecule is CCCN(C(=O)NC1CCN(C(=O)c2ccc(C)nc2)C1)C(C)C. The largest absolute Gasteiger partial charge is 0.336 e. The molecule has 6 nitrogen and oxygen atoms in total. The predicted octanol–water partition coefficient (Wildman–Crippen LogP) is 2.43. The van der Waals surface area contributed by atoms with Crippen LogP contribution in [0, 0.1) is 6.92 Å². The van der Waals surface area contributed by atoms with Crippen molar-refractivity contribution in [3.63, 3.8) is 0 Å². The van der Waals surface area contributed by atoms with E-state index in [0.29, 0.717) is 18.7 Å². The number of aryl methyl sites for hydroxylation is 1. The van der Waals surface area contributed by atoms with Crippen LogP contribution in [0.2, 0.25) is 0 Å². The number of pyridine rings is 1. The van der Waals surface area contributed by atoms with Gasteiger partial charge < -0.3 is 15.1 Å². The van der Waals surface area contributed by atoms with Gasteiger partial charge in [-0.25, -0.2) is 4.79 Å². The van der Waals surface area contributed by atoms with Crippen LogP contribution in [0.5, 0.6) is 0 Å². The molecule has 1 saturated heterocycles. The van der Waals surface area contributed by atoms with Crippen molar-refractivity contribution in [2.24, 2.45) is 0 Å². The van der Waals surface area contributed by atoms with Crippen LogP contribution in [-0.4, -0.2) is 58.4 Å². The standard InChI is InChI=1S/C18H28N4O2/c1-5-9-22(13(2)3)18(24)20-16-8-10-21(12-16)17(23)15-7-6-14(4)19-11-15/h6-7,11,13,16H,5,8-10,12H2,1-4H3,(H,20,24). The average Bonchev–Trinajstić information content (AvgIpc) is 3.00. The van der Waals surface area contributed by atoms with Gasteiger partial charge in [-0.2, -0.15) is 0 Å². The summed E-state index contributed by atoms with van der Waals surface area (Å²) in [5.41, 5.74) is 1.49. The van der Waals surface area contributed by atoms with Crippen LogP contribution >= 0.6 is 0 Å². The van der Waals surface area contributed by atoms with E-state index in [9.17, 15) is 9.59 Å². The van der Waals surface area contributed by atoms with E-state index < -0.39 is 0 Å². The minimum absolute atomic E-state index is 0.0120. The summed E-state index contributed by atoms with van der Waals surface area (Å²) in [5, 5.41) is 3.07. The molecule has 0 radical (unpaired) electrons. The third-order valence-corrected chi connectivity index (χ3v) is 4.31. The zero-order chi connectivity index (χ0) is 17.7. The summed E-state index contributed by atoms with van der Waals surface area (Å²) in [6, 6.07) is 3.79. The van der Waals surface area contributed by atoms with Crippen LogP contribution < -0.4 is 5.32 Å². The molecule has 2 rings (SSSR count). The second-order valence-electron chi connectivity index (χ2n) is 6.66.